The van der Waals surface area contributed by atoms with Crippen LogP contribution in [-0.4, -0.2) is 37.8 Å². The number of rotatable bonds is 6. The van der Waals surface area contributed by atoms with Crippen molar-refractivity contribution in [2.24, 2.45) is 0 Å². The number of H-pyrrole nitrogens is 2. The maximum absolute atomic E-state index is 13.2. The highest BCUT2D eigenvalue weighted by molar-refractivity contribution is 5.87. The van der Waals surface area contributed by atoms with Crippen molar-refractivity contribution in [1.29, 1.82) is 0 Å². The van der Waals surface area contributed by atoms with Crippen molar-refractivity contribution in [3.63, 3.8) is 0 Å². The number of fused-ring (bicyclic) bond motifs is 1. The van der Waals surface area contributed by atoms with E-state index in [2.05, 4.69) is 30.6 Å². The van der Waals surface area contributed by atoms with Crippen molar-refractivity contribution in [3.05, 3.63) is 48.1 Å². The van der Waals surface area contributed by atoms with Crippen LogP contribution < -0.4 is 10.6 Å². The molecule has 130 valence electrons. The Hall–Kier alpha value is -3.23. The number of aromatic nitrogens is 4. The summed E-state index contributed by atoms with van der Waals surface area (Å²) in [6.45, 7) is 1.48. The molecule has 4 N–H and O–H groups in total. The first kappa shape index (κ1) is 16.6. The summed E-state index contributed by atoms with van der Waals surface area (Å²) >= 11 is 0. The quantitative estimate of drug-likeness (QED) is 0.529. The van der Waals surface area contributed by atoms with E-state index in [0.29, 0.717) is 16.9 Å². The summed E-state index contributed by atoms with van der Waals surface area (Å²) in [5, 5.41) is 5.33. The van der Waals surface area contributed by atoms with Crippen LogP contribution >= 0.6 is 0 Å². The Bertz CT molecular complexity index is 889. The fourth-order valence-electron chi connectivity index (χ4n) is 2.48. The lowest BCUT2D eigenvalue weighted by Crippen LogP contribution is -2.47. The topological polar surface area (TPSA) is 116 Å². The van der Waals surface area contributed by atoms with E-state index in [4.69, 9.17) is 0 Å². The van der Waals surface area contributed by atoms with Crippen LogP contribution in [0, 0.1) is 5.82 Å². The van der Waals surface area contributed by atoms with E-state index in [1.807, 2.05) is 0 Å². The lowest BCUT2D eigenvalue weighted by molar-refractivity contribution is -0.128. The summed E-state index contributed by atoms with van der Waals surface area (Å²) in [5.74, 6) is -0.524. The summed E-state index contributed by atoms with van der Waals surface area (Å²) in [6, 6.07) is 3.49. The molecule has 0 unspecified atom stereocenters. The van der Waals surface area contributed by atoms with Gasteiger partial charge in [0.1, 0.15) is 17.7 Å². The minimum Gasteiger partial charge on any atom is -0.348 e. The standard InChI is InChI=1S/C16H17FN6O2/c1-9(24)21-14(5-11-6-18-8-20-11)16(25)19-7-15-22-12-3-2-10(17)4-13(12)23-15/h2-4,6,8,14H,5,7H2,1H3,(H,18,20)(H,19,25)(H,21,24)(H,22,23)/t14-/m0/s1. The zero-order chi connectivity index (χ0) is 17.8. The first-order chi connectivity index (χ1) is 12.0. The number of aromatic amines is 2. The number of halogens is 1. The maximum Gasteiger partial charge on any atom is 0.243 e. The molecule has 0 spiro atoms. The molecule has 9 heteroatoms. The number of hydrogen-bond donors (Lipinski definition) is 4. The van der Waals surface area contributed by atoms with Crippen LogP contribution in [0.15, 0.2) is 30.7 Å². The third-order valence-corrected chi connectivity index (χ3v) is 3.60. The molecule has 3 rings (SSSR count). The number of carbonyl (C=O) groups is 2. The molecule has 2 amide bonds. The summed E-state index contributed by atoms with van der Waals surface area (Å²) < 4.78 is 13.2. The number of nitrogens with one attached hydrogen (secondary N) is 4. The SMILES string of the molecule is CC(=O)N[C@@H](Cc1cnc[nH]1)C(=O)NCc1nc2ccc(F)cc2[nH]1. The first-order valence-electron chi connectivity index (χ1n) is 7.67. The number of amides is 2. The van der Waals surface area contributed by atoms with Crippen molar-refractivity contribution in [1.82, 2.24) is 30.6 Å². The third kappa shape index (κ3) is 4.19. The molecule has 0 aliphatic heterocycles. The Morgan fingerprint density at radius 1 is 1.36 bits per heavy atom. The van der Waals surface area contributed by atoms with Gasteiger partial charge < -0.3 is 20.6 Å². The van der Waals surface area contributed by atoms with Crippen molar-refractivity contribution >= 4 is 22.8 Å². The fourth-order valence-corrected chi connectivity index (χ4v) is 2.48. The second-order valence-corrected chi connectivity index (χ2v) is 5.60. The van der Waals surface area contributed by atoms with Gasteiger partial charge in [0.2, 0.25) is 11.8 Å². The van der Waals surface area contributed by atoms with Crippen LogP contribution in [0.4, 0.5) is 4.39 Å². The monoisotopic (exact) mass is 344 g/mol. The second-order valence-electron chi connectivity index (χ2n) is 5.60. The summed E-state index contributed by atoms with van der Waals surface area (Å²) in [7, 11) is 0. The van der Waals surface area contributed by atoms with E-state index in [1.165, 1.54) is 25.4 Å². The fraction of sp³-hybridized carbons (Fsp3) is 0.250. The lowest BCUT2D eigenvalue weighted by atomic mass is 10.1. The maximum atomic E-state index is 13.2. The average molecular weight is 344 g/mol. The third-order valence-electron chi connectivity index (χ3n) is 3.60. The molecule has 0 saturated carbocycles. The van der Waals surface area contributed by atoms with Gasteiger partial charge in [-0.25, -0.2) is 14.4 Å². The number of hydrogen-bond acceptors (Lipinski definition) is 4. The minimum absolute atomic E-state index is 0.133. The summed E-state index contributed by atoms with van der Waals surface area (Å²) in [6.07, 6.45) is 3.39. The molecule has 25 heavy (non-hydrogen) atoms. The zero-order valence-electron chi connectivity index (χ0n) is 13.5. The Morgan fingerprint density at radius 2 is 2.20 bits per heavy atom. The summed E-state index contributed by atoms with van der Waals surface area (Å²) in [5.41, 5.74) is 1.90. The Balaban J connectivity index is 1.66. The average Bonchev–Trinajstić information content (AvgIpc) is 3.20. The molecule has 0 aliphatic carbocycles. The van der Waals surface area contributed by atoms with Crippen LogP contribution in [0.1, 0.15) is 18.4 Å². The molecule has 0 aliphatic rings. The van der Waals surface area contributed by atoms with Gasteiger partial charge in [-0.05, 0) is 18.2 Å². The smallest absolute Gasteiger partial charge is 0.243 e. The highest BCUT2D eigenvalue weighted by Crippen LogP contribution is 2.12. The number of nitrogens with zero attached hydrogens (tertiary/aromatic N) is 2. The molecule has 0 saturated heterocycles. The van der Waals surface area contributed by atoms with E-state index in [-0.39, 0.29) is 30.6 Å². The van der Waals surface area contributed by atoms with Gasteiger partial charge in [0.15, 0.2) is 0 Å². The van der Waals surface area contributed by atoms with Gasteiger partial charge in [0, 0.05) is 25.2 Å². The van der Waals surface area contributed by atoms with Crippen molar-refractivity contribution < 1.29 is 14.0 Å². The molecule has 0 bridgehead atoms. The molecule has 8 nitrogen and oxygen atoms in total. The van der Waals surface area contributed by atoms with E-state index in [0.717, 1.165) is 5.69 Å². The number of benzene rings is 1. The van der Waals surface area contributed by atoms with Crippen LogP contribution in [-0.2, 0) is 22.6 Å². The predicted molar refractivity (Wildman–Crippen MR) is 87.8 cm³/mol. The Morgan fingerprint density at radius 3 is 2.92 bits per heavy atom. The van der Waals surface area contributed by atoms with Gasteiger partial charge in [-0.1, -0.05) is 0 Å². The van der Waals surface area contributed by atoms with E-state index in [9.17, 15) is 14.0 Å². The molecular formula is C16H17FN6O2. The first-order valence-corrected chi connectivity index (χ1v) is 7.67. The largest absolute Gasteiger partial charge is 0.348 e. The molecule has 1 atom stereocenters. The van der Waals surface area contributed by atoms with Gasteiger partial charge in [0.25, 0.3) is 0 Å². The molecular weight excluding hydrogens is 327 g/mol. The normalized spacial score (nSPS) is 12.1. The molecule has 0 fully saturated rings. The van der Waals surface area contributed by atoms with Gasteiger partial charge in [-0.15, -0.1) is 0 Å². The van der Waals surface area contributed by atoms with Gasteiger partial charge in [0.05, 0.1) is 23.9 Å². The molecule has 0 radical (unpaired) electrons. The van der Waals surface area contributed by atoms with E-state index >= 15 is 0 Å². The molecule has 3 aromatic rings. The summed E-state index contributed by atoms with van der Waals surface area (Å²) in [4.78, 5) is 37.7. The van der Waals surface area contributed by atoms with Gasteiger partial charge in [-0.2, -0.15) is 0 Å². The zero-order valence-corrected chi connectivity index (χ0v) is 13.5. The predicted octanol–water partition coefficient (Wildman–Crippen LogP) is 0.789. The minimum atomic E-state index is -0.736. The van der Waals surface area contributed by atoms with Gasteiger partial charge in [-0.3, -0.25) is 9.59 Å². The molecule has 2 heterocycles. The van der Waals surface area contributed by atoms with Crippen LogP contribution in [0.5, 0.6) is 0 Å². The van der Waals surface area contributed by atoms with Crippen molar-refractivity contribution in [2.75, 3.05) is 0 Å². The van der Waals surface area contributed by atoms with Crippen LogP contribution in [0.2, 0.25) is 0 Å². The van der Waals surface area contributed by atoms with Crippen LogP contribution in [0.3, 0.4) is 0 Å². The number of imidazole rings is 2. The lowest BCUT2D eigenvalue weighted by Gasteiger charge is -2.16. The number of carbonyl (C=O) groups excluding carboxylic acids is 2. The highest BCUT2D eigenvalue weighted by Gasteiger charge is 2.20. The van der Waals surface area contributed by atoms with E-state index in [1.54, 1.807) is 12.3 Å². The second kappa shape index (κ2) is 7.12. The van der Waals surface area contributed by atoms with E-state index < -0.39 is 6.04 Å². The van der Waals surface area contributed by atoms with Crippen molar-refractivity contribution in [3.8, 4) is 0 Å². The Kier molecular flexibility index (Phi) is 4.73. The van der Waals surface area contributed by atoms with Crippen molar-refractivity contribution in [2.45, 2.75) is 25.9 Å². The Labute approximate surface area is 142 Å². The van der Waals surface area contributed by atoms with Crippen LogP contribution in [0.25, 0.3) is 11.0 Å². The highest BCUT2D eigenvalue weighted by atomic mass is 19.1. The molecule has 2 aromatic heterocycles. The molecule has 1 aromatic carbocycles. The van der Waals surface area contributed by atoms with Gasteiger partial charge >= 0.3 is 0 Å².